The van der Waals surface area contributed by atoms with Crippen molar-refractivity contribution in [3.8, 4) is 0 Å². The number of pyridine rings is 2. The summed E-state index contributed by atoms with van der Waals surface area (Å²) in [4.78, 5) is 8.58. The highest BCUT2D eigenvalue weighted by Crippen LogP contribution is 2.26. The van der Waals surface area contributed by atoms with Crippen LogP contribution in [0, 0.1) is 6.92 Å². The van der Waals surface area contributed by atoms with E-state index in [2.05, 4.69) is 22.1 Å². The zero-order chi connectivity index (χ0) is 13.2. The Morgan fingerprint density at radius 3 is 2.74 bits per heavy atom. The molecule has 1 unspecified atom stereocenters. The molecule has 19 heavy (non-hydrogen) atoms. The number of hydrogen-bond acceptors (Lipinski definition) is 3. The molecule has 0 amide bonds. The Morgan fingerprint density at radius 2 is 1.89 bits per heavy atom. The molecular formula is C16H15N3. The molecule has 0 aliphatic carbocycles. The van der Waals surface area contributed by atoms with Crippen LogP contribution in [-0.4, -0.2) is 9.97 Å². The quantitative estimate of drug-likeness (QED) is 0.759. The van der Waals surface area contributed by atoms with Gasteiger partial charge in [-0.3, -0.25) is 9.97 Å². The molecule has 94 valence electrons. The molecule has 0 aliphatic heterocycles. The van der Waals surface area contributed by atoms with Crippen molar-refractivity contribution < 1.29 is 0 Å². The van der Waals surface area contributed by atoms with Crippen LogP contribution >= 0.6 is 0 Å². The van der Waals surface area contributed by atoms with Gasteiger partial charge in [-0.05, 0) is 42.3 Å². The van der Waals surface area contributed by atoms with Gasteiger partial charge in [-0.1, -0.05) is 18.2 Å². The van der Waals surface area contributed by atoms with Crippen LogP contribution < -0.4 is 5.73 Å². The minimum Gasteiger partial charge on any atom is -0.320 e. The lowest BCUT2D eigenvalue weighted by Gasteiger charge is -2.15. The minimum atomic E-state index is -0.158. The van der Waals surface area contributed by atoms with E-state index in [0.717, 1.165) is 27.7 Å². The predicted octanol–water partition coefficient (Wildman–Crippen LogP) is 2.99. The van der Waals surface area contributed by atoms with Crippen LogP contribution in [0.2, 0.25) is 0 Å². The van der Waals surface area contributed by atoms with E-state index < -0.39 is 0 Å². The Balaban J connectivity index is 2.14. The Bertz CT molecular complexity index is 717. The molecule has 0 saturated heterocycles. The smallest absolute Gasteiger partial charge is 0.0705 e. The van der Waals surface area contributed by atoms with Crippen molar-refractivity contribution in [1.29, 1.82) is 0 Å². The second-order valence-electron chi connectivity index (χ2n) is 4.63. The highest BCUT2D eigenvalue weighted by molar-refractivity contribution is 5.82. The summed E-state index contributed by atoms with van der Waals surface area (Å²) < 4.78 is 0. The summed E-state index contributed by atoms with van der Waals surface area (Å²) in [5.74, 6) is 0. The summed E-state index contributed by atoms with van der Waals surface area (Å²) in [5.41, 5.74) is 10.5. The van der Waals surface area contributed by atoms with Crippen LogP contribution in [0.15, 0.2) is 54.9 Å². The zero-order valence-corrected chi connectivity index (χ0v) is 10.7. The lowest BCUT2D eigenvalue weighted by molar-refractivity contribution is 0.872. The third-order valence-corrected chi connectivity index (χ3v) is 3.29. The van der Waals surface area contributed by atoms with E-state index in [0.29, 0.717) is 0 Å². The molecule has 1 atom stereocenters. The first-order valence-corrected chi connectivity index (χ1v) is 6.27. The standard InChI is InChI=1S/C16H15N3/c1-11-10-12(7-9-18-11)16(17)14-4-2-6-15-13(14)5-3-8-19-15/h2-10,16H,17H2,1H3. The average Bonchev–Trinajstić information content (AvgIpc) is 2.46. The number of benzene rings is 1. The maximum Gasteiger partial charge on any atom is 0.0705 e. The van der Waals surface area contributed by atoms with Crippen molar-refractivity contribution in [2.24, 2.45) is 5.73 Å². The molecule has 3 nitrogen and oxygen atoms in total. The fourth-order valence-electron chi connectivity index (χ4n) is 2.34. The molecule has 0 spiro atoms. The van der Waals surface area contributed by atoms with Crippen LogP contribution in [0.4, 0.5) is 0 Å². The highest BCUT2D eigenvalue weighted by atomic mass is 14.7. The fraction of sp³-hybridized carbons (Fsp3) is 0.125. The zero-order valence-electron chi connectivity index (χ0n) is 10.7. The van der Waals surface area contributed by atoms with E-state index >= 15 is 0 Å². The van der Waals surface area contributed by atoms with Gasteiger partial charge in [-0.25, -0.2) is 0 Å². The maximum absolute atomic E-state index is 6.40. The molecule has 0 aliphatic rings. The van der Waals surface area contributed by atoms with Gasteiger partial charge in [0, 0.05) is 23.5 Å². The van der Waals surface area contributed by atoms with Gasteiger partial charge >= 0.3 is 0 Å². The topological polar surface area (TPSA) is 51.8 Å². The number of hydrogen-bond donors (Lipinski definition) is 1. The Hall–Kier alpha value is -2.26. The van der Waals surface area contributed by atoms with Crippen LogP contribution in [-0.2, 0) is 0 Å². The second kappa shape index (κ2) is 4.78. The monoisotopic (exact) mass is 249 g/mol. The van der Waals surface area contributed by atoms with E-state index in [-0.39, 0.29) is 6.04 Å². The second-order valence-corrected chi connectivity index (χ2v) is 4.63. The highest BCUT2D eigenvalue weighted by Gasteiger charge is 2.12. The average molecular weight is 249 g/mol. The van der Waals surface area contributed by atoms with Gasteiger partial charge in [0.15, 0.2) is 0 Å². The summed E-state index contributed by atoms with van der Waals surface area (Å²) in [6.45, 7) is 1.97. The molecule has 2 aromatic heterocycles. The molecule has 1 aromatic carbocycles. The third-order valence-electron chi connectivity index (χ3n) is 3.29. The first-order valence-electron chi connectivity index (χ1n) is 6.27. The van der Waals surface area contributed by atoms with Crippen molar-refractivity contribution >= 4 is 10.9 Å². The van der Waals surface area contributed by atoms with E-state index in [1.54, 1.807) is 12.4 Å². The van der Waals surface area contributed by atoms with Crippen molar-refractivity contribution in [1.82, 2.24) is 9.97 Å². The molecule has 0 saturated carbocycles. The van der Waals surface area contributed by atoms with Crippen molar-refractivity contribution in [2.75, 3.05) is 0 Å². The van der Waals surface area contributed by atoms with Crippen LogP contribution in [0.25, 0.3) is 10.9 Å². The molecule has 2 heterocycles. The molecule has 3 aromatic rings. The van der Waals surface area contributed by atoms with Gasteiger partial charge in [0.1, 0.15) is 0 Å². The molecule has 3 heteroatoms. The minimum absolute atomic E-state index is 0.158. The molecule has 0 fully saturated rings. The molecule has 0 bridgehead atoms. The van der Waals surface area contributed by atoms with Crippen LogP contribution in [0.3, 0.4) is 0 Å². The lowest BCUT2D eigenvalue weighted by Crippen LogP contribution is -2.12. The first-order chi connectivity index (χ1) is 9.25. The Morgan fingerprint density at radius 1 is 1.00 bits per heavy atom. The summed E-state index contributed by atoms with van der Waals surface area (Å²) in [7, 11) is 0. The number of rotatable bonds is 2. The maximum atomic E-state index is 6.40. The van der Waals surface area contributed by atoms with Gasteiger partial charge < -0.3 is 5.73 Å². The third kappa shape index (κ3) is 2.20. The van der Waals surface area contributed by atoms with Crippen LogP contribution in [0.5, 0.6) is 0 Å². The van der Waals surface area contributed by atoms with E-state index in [4.69, 9.17) is 5.73 Å². The summed E-state index contributed by atoms with van der Waals surface area (Å²) in [6.07, 6.45) is 3.60. The largest absolute Gasteiger partial charge is 0.320 e. The number of nitrogens with zero attached hydrogens (tertiary/aromatic N) is 2. The van der Waals surface area contributed by atoms with Gasteiger partial charge in [0.25, 0.3) is 0 Å². The van der Waals surface area contributed by atoms with E-state index in [9.17, 15) is 0 Å². The fourth-order valence-corrected chi connectivity index (χ4v) is 2.34. The lowest BCUT2D eigenvalue weighted by atomic mass is 9.96. The molecule has 0 radical (unpaired) electrons. The Labute approximate surface area is 112 Å². The van der Waals surface area contributed by atoms with Gasteiger partial charge in [-0.15, -0.1) is 0 Å². The summed E-state index contributed by atoms with van der Waals surface area (Å²) >= 11 is 0. The molecular weight excluding hydrogens is 234 g/mol. The number of aryl methyl sites for hydroxylation is 1. The Kier molecular flexibility index (Phi) is 2.97. The summed E-state index contributed by atoms with van der Waals surface area (Å²) in [6, 6.07) is 13.9. The SMILES string of the molecule is Cc1cc(C(N)c2cccc3ncccc23)ccn1. The molecule has 3 rings (SSSR count). The van der Waals surface area contributed by atoms with Crippen molar-refractivity contribution in [3.05, 3.63) is 71.7 Å². The van der Waals surface area contributed by atoms with E-state index in [1.165, 1.54) is 0 Å². The van der Waals surface area contributed by atoms with Crippen molar-refractivity contribution in [2.45, 2.75) is 13.0 Å². The molecule has 2 N–H and O–H groups in total. The predicted molar refractivity (Wildman–Crippen MR) is 76.7 cm³/mol. The number of aromatic nitrogens is 2. The van der Waals surface area contributed by atoms with E-state index in [1.807, 2.05) is 37.3 Å². The van der Waals surface area contributed by atoms with Crippen molar-refractivity contribution in [3.63, 3.8) is 0 Å². The van der Waals surface area contributed by atoms with Gasteiger partial charge in [0.05, 0.1) is 11.6 Å². The summed E-state index contributed by atoms with van der Waals surface area (Å²) in [5, 5.41) is 1.10. The number of nitrogens with two attached hydrogens (primary N) is 1. The normalized spacial score (nSPS) is 12.5. The van der Waals surface area contributed by atoms with Crippen LogP contribution in [0.1, 0.15) is 22.9 Å². The first kappa shape index (κ1) is 11.8. The van der Waals surface area contributed by atoms with Gasteiger partial charge in [0.2, 0.25) is 0 Å². The number of fused-ring (bicyclic) bond motifs is 1. The van der Waals surface area contributed by atoms with Gasteiger partial charge in [-0.2, -0.15) is 0 Å².